The number of phenolic OH excluding ortho intramolecular Hbond substituents is 4. The van der Waals surface area contributed by atoms with Gasteiger partial charge in [-0.1, -0.05) is 0 Å². The van der Waals surface area contributed by atoms with Crippen molar-refractivity contribution in [2.75, 3.05) is 6.61 Å². The lowest BCUT2D eigenvalue weighted by atomic mass is 9.99. The number of hydrogen-bond acceptors (Lipinski definition) is 12. The highest BCUT2D eigenvalue weighted by atomic mass is 16.7. The molecule has 12 nitrogen and oxygen atoms in total. The second-order valence-electron chi connectivity index (χ2n) is 7.41. The van der Waals surface area contributed by atoms with Crippen molar-refractivity contribution in [2.45, 2.75) is 30.7 Å². The minimum atomic E-state index is -1.86. The Kier molecular flexibility index (Phi) is 5.78. The van der Waals surface area contributed by atoms with Gasteiger partial charge in [0.15, 0.2) is 28.8 Å². The van der Waals surface area contributed by atoms with Gasteiger partial charge in [0.1, 0.15) is 35.4 Å². The fraction of sp³-hybridized carbons (Fsp3) is 0.286. The maximum Gasteiger partial charge on any atom is 0.239 e. The zero-order valence-corrected chi connectivity index (χ0v) is 16.7. The summed E-state index contributed by atoms with van der Waals surface area (Å²) in [4.78, 5) is 13.3. The van der Waals surface area contributed by atoms with E-state index in [1.165, 1.54) is 12.1 Å². The molecule has 176 valence electrons. The summed E-state index contributed by atoms with van der Waals surface area (Å²) in [7, 11) is 0. The minimum absolute atomic E-state index is 0.0384. The average Bonchev–Trinajstić information content (AvgIpc) is 2.79. The number of rotatable bonds is 4. The molecule has 0 saturated carbocycles. The van der Waals surface area contributed by atoms with Crippen LogP contribution in [0.25, 0.3) is 22.3 Å². The molecular formula is C21H20O12. The predicted molar refractivity (Wildman–Crippen MR) is 109 cm³/mol. The quantitative estimate of drug-likeness (QED) is 0.229. The third kappa shape index (κ3) is 3.79. The van der Waals surface area contributed by atoms with Crippen LogP contribution in [0.15, 0.2) is 39.5 Å². The molecule has 4 rings (SSSR count). The maximum absolute atomic E-state index is 13.3. The van der Waals surface area contributed by atoms with E-state index in [9.17, 15) is 45.6 Å². The average molecular weight is 464 g/mol. The zero-order valence-electron chi connectivity index (χ0n) is 16.7. The van der Waals surface area contributed by atoms with Gasteiger partial charge in [0, 0.05) is 5.56 Å². The van der Waals surface area contributed by atoms with Crippen LogP contribution in [-0.2, 0) is 4.74 Å². The fourth-order valence-electron chi connectivity index (χ4n) is 3.48. The van der Waals surface area contributed by atoms with Crippen LogP contribution >= 0.6 is 0 Å². The summed E-state index contributed by atoms with van der Waals surface area (Å²) in [5.41, 5.74) is -1.14. The molecule has 0 radical (unpaired) electrons. The first kappa shape index (κ1) is 22.6. The van der Waals surface area contributed by atoms with E-state index in [2.05, 4.69) is 0 Å². The smallest absolute Gasteiger partial charge is 0.239 e. The summed E-state index contributed by atoms with van der Waals surface area (Å²) in [6.07, 6.45) is -8.44. The Hall–Kier alpha value is -3.55. The van der Waals surface area contributed by atoms with Crippen molar-refractivity contribution in [1.29, 1.82) is 0 Å². The number of ether oxygens (including phenoxy) is 2. The lowest BCUT2D eigenvalue weighted by Crippen LogP contribution is -2.60. The van der Waals surface area contributed by atoms with Crippen molar-refractivity contribution in [2.24, 2.45) is 0 Å². The van der Waals surface area contributed by atoms with Gasteiger partial charge >= 0.3 is 0 Å². The van der Waals surface area contributed by atoms with Crippen LogP contribution in [0.4, 0.5) is 0 Å². The normalized spacial score (nSPS) is 25.3. The molecule has 1 aromatic heterocycles. The monoisotopic (exact) mass is 464 g/mol. The molecule has 1 saturated heterocycles. The summed E-state index contributed by atoms with van der Waals surface area (Å²) in [6.45, 7) is -0.746. The van der Waals surface area contributed by atoms with Crippen LogP contribution in [0, 0.1) is 0 Å². The van der Waals surface area contributed by atoms with E-state index in [0.717, 1.165) is 18.2 Å². The minimum Gasteiger partial charge on any atom is -0.504 e. The number of fused-ring (bicyclic) bond motifs is 1. The van der Waals surface area contributed by atoms with Crippen LogP contribution < -0.4 is 10.2 Å². The molecule has 1 fully saturated rings. The molecule has 0 spiro atoms. The van der Waals surface area contributed by atoms with Gasteiger partial charge in [-0.3, -0.25) is 4.79 Å². The molecule has 1 aliphatic heterocycles. The maximum atomic E-state index is 13.3. The van der Waals surface area contributed by atoms with Crippen LogP contribution in [0.5, 0.6) is 28.7 Å². The SMILES string of the molecule is O=c1c(O[C@@H]2O[C@H](CO)[C@@H](O)[C@H](O)[C@H]2O)c(-c2ccc(O)c(O)c2)oc2ccc(O)c(O)c12. The number of phenols is 4. The van der Waals surface area contributed by atoms with Gasteiger partial charge in [0.25, 0.3) is 0 Å². The molecule has 2 heterocycles. The van der Waals surface area contributed by atoms with Crippen molar-refractivity contribution in [3.05, 3.63) is 40.6 Å². The highest BCUT2D eigenvalue weighted by molar-refractivity contribution is 5.89. The van der Waals surface area contributed by atoms with Gasteiger partial charge < -0.3 is 54.7 Å². The molecular weight excluding hydrogens is 444 g/mol. The van der Waals surface area contributed by atoms with E-state index in [1.807, 2.05) is 0 Å². The Balaban J connectivity index is 1.91. The molecule has 5 atom stereocenters. The van der Waals surface area contributed by atoms with E-state index in [-0.39, 0.29) is 16.9 Å². The molecule has 0 bridgehead atoms. The molecule has 2 aromatic carbocycles. The van der Waals surface area contributed by atoms with Crippen molar-refractivity contribution in [1.82, 2.24) is 0 Å². The van der Waals surface area contributed by atoms with Crippen LogP contribution in [0.2, 0.25) is 0 Å². The molecule has 1 aliphatic rings. The van der Waals surface area contributed by atoms with Crippen molar-refractivity contribution in [3.8, 4) is 40.1 Å². The Morgan fingerprint density at radius 3 is 2.24 bits per heavy atom. The van der Waals surface area contributed by atoms with E-state index in [0.29, 0.717) is 0 Å². The molecule has 0 amide bonds. The summed E-state index contributed by atoms with van der Waals surface area (Å²) < 4.78 is 16.5. The van der Waals surface area contributed by atoms with Crippen molar-refractivity contribution >= 4 is 11.0 Å². The van der Waals surface area contributed by atoms with Crippen LogP contribution in [0.3, 0.4) is 0 Å². The van der Waals surface area contributed by atoms with Gasteiger partial charge in [-0.25, -0.2) is 0 Å². The van der Waals surface area contributed by atoms with E-state index >= 15 is 0 Å². The van der Waals surface area contributed by atoms with Gasteiger partial charge in [-0.15, -0.1) is 0 Å². The van der Waals surface area contributed by atoms with E-state index in [1.54, 1.807) is 0 Å². The number of aromatic hydroxyl groups is 4. The van der Waals surface area contributed by atoms with E-state index in [4.69, 9.17) is 13.9 Å². The highest BCUT2D eigenvalue weighted by Gasteiger charge is 2.45. The Bertz CT molecular complexity index is 1250. The first-order valence-corrected chi connectivity index (χ1v) is 9.65. The standard InChI is InChI=1S/C21H20O12/c22-6-12-15(27)17(29)18(30)21(32-12)33-20-16(28)13-11(4-3-9(24)14(13)26)31-19(20)7-1-2-8(23)10(25)5-7/h1-5,12,15,17-18,21-27,29-30H,6H2/t12-,15-,17+,18-,21+/m1/s1. The van der Waals surface area contributed by atoms with Gasteiger partial charge in [0.05, 0.1) is 6.61 Å². The topological polar surface area (TPSA) is 211 Å². The second-order valence-corrected chi connectivity index (χ2v) is 7.41. The summed E-state index contributed by atoms with van der Waals surface area (Å²) in [6, 6.07) is 5.73. The molecule has 0 unspecified atom stereocenters. The fourth-order valence-corrected chi connectivity index (χ4v) is 3.48. The highest BCUT2D eigenvalue weighted by Crippen LogP contribution is 2.40. The first-order chi connectivity index (χ1) is 15.6. The molecule has 12 heteroatoms. The van der Waals surface area contributed by atoms with Gasteiger partial charge in [0.2, 0.25) is 17.5 Å². The third-order valence-electron chi connectivity index (χ3n) is 5.29. The zero-order chi connectivity index (χ0) is 24.0. The Labute approximate surface area is 184 Å². The molecule has 0 aliphatic carbocycles. The number of hydrogen-bond donors (Lipinski definition) is 8. The summed E-state index contributed by atoms with van der Waals surface area (Å²) in [5.74, 6) is -3.41. The molecule has 33 heavy (non-hydrogen) atoms. The third-order valence-corrected chi connectivity index (χ3v) is 5.29. The van der Waals surface area contributed by atoms with Crippen molar-refractivity contribution in [3.63, 3.8) is 0 Å². The van der Waals surface area contributed by atoms with Crippen molar-refractivity contribution < 1.29 is 54.7 Å². The molecule has 8 N–H and O–H groups in total. The Morgan fingerprint density at radius 2 is 1.58 bits per heavy atom. The number of aliphatic hydroxyl groups is 4. The van der Waals surface area contributed by atoms with E-state index < -0.39 is 76.9 Å². The second kappa shape index (κ2) is 8.42. The van der Waals surface area contributed by atoms with Crippen LogP contribution in [-0.4, -0.2) is 78.2 Å². The summed E-state index contributed by atoms with van der Waals surface area (Å²) in [5, 5.41) is 78.6. The van der Waals surface area contributed by atoms with Crippen LogP contribution in [0.1, 0.15) is 0 Å². The molecule has 3 aromatic rings. The van der Waals surface area contributed by atoms with Gasteiger partial charge in [-0.05, 0) is 30.3 Å². The lowest BCUT2D eigenvalue weighted by Gasteiger charge is -2.39. The predicted octanol–water partition coefficient (Wildman–Crippen LogP) is -0.539. The summed E-state index contributed by atoms with van der Waals surface area (Å²) >= 11 is 0. The van der Waals surface area contributed by atoms with Gasteiger partial charge in [-0.2, -0.15) is 0 Å². The number of benzene rings is 2. The Morgan fingerprint density at radius 1 is 0.879 bits per heavy atom. The largest absolute Gasteiger partial charge is 0.504 e. The lowest BCUT2D eigenvalue weighted by molar-refractivity contribution is -0.277. The number of aliphatic hydroxyl groups excluding tert-OH is 4. The first-order valence-electron chi connectivity index (χ1n) is 9.65.